The molecule has 2 fully saturated rings. The summed E-state index contributed by atoms with van der Waals surface area (Å²) >= 11 is 0. The molecule has 2 aliphatic rings. The number of likely N-dealkylation sites (tertiary alicyclic amines) is 1. The van der Waals surface area contributed by atoms with Gasteiger partial charge in [0.2, 0.25) is 5.88 Å². The third-order valence-corrected chi connectivity index (χ3v) is 7.67. The molecule has 7 nitrogen and oxygen atoms in total. The third-order valence-electron chi connectivity index (χ3n) is 7.67. The molecule has 0 aliphatic carbocycles. The lowest BCUT2D eigenvalue weighted by atomic mass is 9.89. The first-order valence-corrected chi connectivity index (χ1v) is 13.5. The highest BCUT2D eigenvalue weighted by Gasteiger charge is 2.29. The van der Waals surface area contributed by atoms with Crippen LogP contribution >= 0.6 is 0 Å². The highest BCUT2D eigenvalue weighted by molar-refractivity contribution is 5.88. The predicted octanol–water partition coefficient (Wildman–Crippen LogP) is 5.69. The van der Waals surface area contributed by atoms with Gasteiger partial charge < -0.3 is 20.3 Å². The van der Waals surface area contributed by atoms with Gasteiger partial charge in [0, 0.05) is 30.3 Å². The summed E-state index contributed by atoms with van der Waals surface area (Å²) in [5.74, 6) is 0.799. The Hall–Kier alpha value is -3.24. The van der Waals surface area contributed by atoms with E-state index in [1.54, 1.807) is 6.92 Å². The van der Waals surface area contributed by atoms with E-state index in [0.29, 0.717) is 34.6 Å². The molecule has 5 rings (SSSR count). The van der Waals surface area contributed by atoms with E-state index in [2.05, 4.69) is 45.9 Å². The number of fused-ring (bicyclic) bond motifs is 1. The number of nitrogens with one attached hydrogen (secondary N) is 2. The number of aryl methyl sites for hydroxylation is 1. The smallest absolute Gasteiger partial charge is 0.266 e. The molecule has 0 spiro atoms. The molecule has 39 heavy (non-hydrogen) atoms. The SMILES string of the molecule is C=C[C@@H](Nc1nc(C)nc2nc(OC3CNC3)c(C3CCN(C(C)C)CC3)cc12)c1cccc(C(F)F)c1F. The second-order valence-corrected chi connectivity index (χ2v) is 10.6. The van der Waals surface area contributed by atoms with Crippen LogP contribution in [0.15, 0.2) is 36.9 Å². The zero-order valence-corrected chi connectivity index (χ0v) is 22.6. The molecule has 3 aromatic rings. The van der Waals surface area contributed by atoms with Gasteiger partial charge in [0.05, 0.1) is 17.0 Å². The van der Waals surface area contributed by atoms with E-state index in [1.807, 2.05) is 6.07 Å². The Bertz CT molecular complexity index is 1340. The Kier molecular flexibility index (Phi) is 8.04. The van der Waals surface area contributed by atoms with Crippen molar-refractivity contribution in [1.82, 2.24) is 25.2 Å². The standard InChI is InChI=1S/C29H35F3N6O/c1-5-24(20-7-6-8-21(25(20)30)26(31)32)36-27-23-13-22(18-9-11-38(12-10-18)16(2)3)29(39-19-14-33-15-19)37-28(23)35-17(4)34-27/h5-8,13,16,18-19,24,26,33H,1,9-12,14-15H2,2-4H3,(H,34,35,36,37)/t24-/m1/s1. The van der Waals surface area contributed by atoms with Crippen LogP contribution in [-0.2, 0) is 0 Å². The number of rotatable bonds is 9. The molecule has 4 heterocycles. The lowest BCUT2D eigenvalue weighted by Gasteiger charge is -2.36. The summed E-state index contributed by atoms with van der Waals surface area (Å²) in [4.78, 5) is 16.5. The fourth-order valence-electron chi connectivity index (χ4n) is 5.28. The summed E-state index contributed by atoms with van der Waals surface area (Å²) in [6.07, 6.45) is 0.562. The van der Waals surface area contributed by atoms with Gasteiger partial charge in [-0.25, -0.2) is 23.1 Å². The van der Waals surface area contributed by atoms with Gasteiger partial charge in [-0.1, -0.05) is 24.3 Å². The quantitative estimate of drug-likeness (QED) is 0.338. The van der Waals surface area contributed by atoms with Crippen molar-refractivity contribution >= 4 is 16.9 Å². The number of anilines is 1. The Morgan fingerprint density at radius 1 is 1.13 bits per heavy atom. The normalized spacial score (nSPS) is 17.9. The van der Waals surface area contributed by atoms with E-state index in [9.17, 15) is 8.78 Å². The maximum absolute atomic E-state index is 15.0. The van der Waals surface area contributed by atoms with Gasteiger partial charge in [-0.05, 0) is 58.7 Å². The Labute approximate surface area is 226 Å². The number of ether oxygens (including phenoxy) is 1. The van der Waals surface area contributed by atoms with Crippen LogP contribution in [0, 0.1) is 12.7 Å². The Balaban J connectivity index is 1.54. The Morgan fingerprint density at radius 2 is 1.85 bits per heavy atom. The lowest BCUT2D eigenvalue weighted by molar-refractivity contribution is 0.131. The molecule has 2 aliphatic heterocycles. The zero-order valence-electron chi connectivity index (χ0n) is 22.6. The molecule has 0 saturated carbocycles. The molecule has 2 aromatic heterocycles. The minimum Gasteiger partial charge on any atom is -0.471 e. The van der Waals surface area contributed by atoms with Crippen LogP contribution in [-0.4, -0.2) is 58.2 Å². The highest BCUT2D eigenvalue weighted by Crippen LogP contribution is 2.38. The van der Waals surface area contributed by atoms with Gasteiger partial charge in [0.15, 0.2) is 5.65 Å². The molecule has 0 radical (unpaired) electrons. The summed E-state index contributed by atoms with van der Waals surface area (Å²) in [5, 5.41) is 7.11. The van der Waals surface area contributed by atoms with Gasteiger partial charge >= 0.3 is 0 Å². The maximum atomic E-state index is 15.0. The number of hydrogen-bond acceptors (Lipinski definition) is 7. The van der Waals surface area contributed by atoms with E-state index in [0.717, 1.165) is 50.7 Å². The fourth-order valence-corrected chi connectivity index (χ4v) is 5.28. The average Bonchev–Trinajstić information content (AvgIpc) is 2.89. The summed E-state index contributed by atoms with van der Waals surface area (Å²) < 4.78 is 48.1. The molecular formula is C29H35F3N6O. The molecule has 0 amide bonds. The molecule has 1 aromatic carbocycles. The summed E-state index contributed by atoms with van der Waals surface area (Å²) in [6, 6.07) is 5.71. The van der Waals surface area contributed by atoms with Gasteiger partial charge in [-0.3, -0.25) is 0 Å². The molecule has 2 N–H and O–H groups in total. The number of nitrogens with zero attached hydrogens (tertiary/aromatic N) is 4. The van der Waals surface area contributed by atoms with Crippen molar-refractivity contribution in [2.45, 2.75) is 64.1 Å². The number of hydrogen-bond donors (Lipinski definition) is 2. The van der Waals surface area contributed by atoms with Crippen molar-refractivity contribution in [2.24, 2.45) is 0 Å². The second kappa shape index (κ2) is 11.5. The summed E-state index contributed by atoms with van der Waals surface area (Å²) in [6.45, 7) is 13.5. The van der Waals surface area contributed by atoms with Crippen molar-refractivity contribution in [3.8, 4) is 5.88 Å². The number of alkyl halides is 2. The first-order chi connectivity index (χ1) is 18.7. The number of piperidine rings is 1. The summed E-state index contributed by atoms with van der Waals surface area (Å²) in [7, 11) is 0. The first-order valence-electron chi connectivity index (χ1n) is 13.5. The van der Waals surface area contributed by atoms with E-state index in [-0.39, 0.29) is 17.6 Å². The molecule has 1 atom stereocenters. The van der Waals surface area contributed by atoms with Crippen LogP contribution in [0.3, 0.4) is 0 Å². The average molecular weight is 541 g/mol. The van der Waals surface area contributed by atoms with E-state index >= 15 is 4.39 Å². The number of halogens is 3. The van der Waals surface area contributed by atoms with Crippen LogP contribution in [0.1, 0.15) is 67.6 Å². The van der Waals surface area contributed by atoms with Crippen LogP contribution in [0.25, 0.3) is 11.0 Å². The van der Waals surface area contributed by atoms with Crippen molar-refractivity contribution in [3.63, 3.8) is 0 Å². The van der Waals surface area contributed by atoms with Gasteiger partial charge in [-0.2, -0.15) is 4.98 Å². The van der Waals surface area contributed by atoms with E-state index < -0.39 is 23.8 Å². The fraction of sp³-hybridized carbons (Fsp3) is 0.483. The lowest BCUT2D eigenvalue weighted by Crippen LogP contribution is -2.50. The topological polar surface area (TPSA) is 75.2 Å². The zero-order chi connectivity index (χ0) is 27.7. The van der Waals surface area contributed by atoms with Crippen LogP contribution in [0.2, 0.25) is 0 Å². The van der Waals surface area contributed by atoms with Gasteiger partial charge in [0.1, 0.15) is 23.6 Å². The van der Waals surface area contributed by atoms with Gasteiger partial charge in [-0.15, -0.1) is 6.58 Å². The minimum atomic E-state index is -2.92. The van der Waals surface area contributed by atoms with Crippen molar-refractivity contribution < 1.29 is 17.9 Å². The van der Waals surface area contributed by atoms with Crippen molar-refractivity contribution in [1.29, 1.82) is 0 Å². The van der Waals surface area contributed by atoms with Crippen LogP contribution < -0.4 is 15.4 Å². The third kappa shape index (κ3) is 5.72. The van der Waals surface area contributed by atoms with Crippen molar-refractivity contribution in [3.05, 3.63) is 65.3 Å². The van der Waals surface area contributed by atoms with Crippen molar-refractivity contribution in [2.75, 3.05) is 31.5 Å². The maximum Gasteiger partial charge on any atom is 0.266 e. The number of aromatic nitrogens is 3. The molecule has 10 heteroatoms. The molecule has 208 valence electrons. The van der Waals surface area contributed by atoms with Crippen LogP contribution in [0.5, 0.6) is 5.88 Å². The van der Waals surface area contributed by atoms with Gasteiger partial charge in [0.25, 0.3) is 6.43 Å². The largest absolute Gasteiger partial charge is 0.471 e. The van der Waals surface area contributed by atoms with E-state index in [4.69, 9.17) is 9.72 Å². The number of benzene rings is 1. The molecule has 2 saturated heterocycles. The second-order valence-electron chi connectivity index (χ2n) is 10.6. The monoisotopic (exact) mass is 540 g/mol. The molecule has 0 unspecified atom stereocenters. The van der Waals surface area contributed by atoms with Crippen LogP contribution in [0.4, 0.5) is 19.0 Å². The van der Waals surface area contributed by atoms with E-state index in [1.165, 1.54) is 18.2 Å². The first kappa shape index (κ1) is 27.3. The number of pyridine rings is 1. The predicted molar refractivity (Wildman–Crippen MR) is 146 cm³/mol. The molecule has 0 bridgehead atoms. The molecular weight excluding hydrogens is 505 g/mol. The minimum absolute atomic E-state index is 0.0558. The summed E-state index contributed by atoms with van der Waals surface area (Å²) in [5.41, 5.74) is 0.891. The Morgan fingerprint density at radius 3 is 2.46 bits per heavy atom. The highest BCUT2D eigenvalue weighted by atomic mass is 19.3.